The van der Waals surface area contributed by atoms with Gasteiger partial charge in [-0.15, -0.1) is 0 Å². The van der Waals surface area contributed by atoms with Crippen molar-refractivity contribution in [1.82, 2.24) is 9.71 Å². The summed E-state index contributed by atoms with van der Waals surface area (Å²) < 4.78 is 34.3. The summed E-state index contributed by atoms with van der Waals surface area (Å²) in [5, 5.41) is 2.79. The molecule has 0 unspecified atom stereocenters. The van der Waals surface area contributed by atoms with Crippen LogP contribution in [0, 0.1) is 34.6 Å². The Kier molecular flexibility index (Phi) is 8.06. The molecule has 0 spiro atoms. The van der Waals surface area contributed by atoms with Crippen LogP contribution in [0.5, 0.6) is 5.75 Å². The molecule has 1 heterocycles. The van der Waals surface area contributed by atoms with Gasteiger partial charge in [0.2, 0.25) is 15.9 Å². The number of carbonyl (C=O) groups is 1. The first-order valence-electron chi connectivity index (χ1n) is 11.1. The molecule has 2 N–H and O–H groups in total. The Morgan fingerprint density at radius 3 is 2.24 bits per heavy atom. The van der Waals surface area contributed by atoms with Gasteiger partial charge in [0, 0.05) is 30.9 Å². The van der Waals surface area contributed by atoms with Crippen LogP contribution in [-0.4, -0.2) is 25.9 Å². The zero-order chi connectivity index (χ0) is 24.9. The van der Waals surface area contributed by atoms with E-state index in [1.54, 1.807) is 30.5 Å². The molecule has 0 radical (unpaired) electrons. The topological polar surface area (TPSA) is 97.4 Å². The van der Waals surface area contributed by atoms with E-state index in [0.29, 0.717) is 22.9 Å². The molecule has 0 bridgehead atoms. The van der Waals surface area contributed by atoms with Gasteiger partial charge < -0.3 is 10.1 Å². The second-order valence-electron chi connectivity index (χ2n) is 8.29. The monoisotopic (exact) mass is 481 g/mol. The maximum Gasteiger partial charge on any atom is 0.241 e. The third-order valence-corrected chi connectivity index (χ3v) is 7.81. The zero-order valence-electron chi connectivity index (χ0n) is 20.2. The van der Waals surface area contributed by atoms with Gasteiger partial charge in [-0.25, -0.2) is 13.1 Å². The quantitative estimate of drug-likeness (QED) is 0.469. The number of nitrogens with zero attached hydrogens (tertiary/aromatic N) is 1. The highest BCUT2D eigenvalue weighted by Crippen LogP contribution is 2.29. The van der Waals surface area contributed by atoms with Crippen LogP contribution in [0.4, 0.5) is 5.69 Å². The van der Waals surface area contributed by atoms with E-state index in [0.717, 1.165) is 33.5 Å². The molecule has 0 aliphatic carbocycles. The summed E-state index contributed by atoms with van der Waals surface area (Å²) in [5.74, 6) is 0.300. The van der Waals surface area contributed by atoms with E-state index < -0.39 is 10.0 Å². The number of nitrogens with one attached hydrogen (secondary N) is 2. The minimum Gasteiger partial charge on any atom is -0.487 e. The lowest BCUT2D eigenvalue weighted by Crippen LogP contribution is -2.29. The molecule has 0 saturated carbocycles. The third kappa shape index (κ3) is 6.01. The van der Waals surface area contributed by atoms with Crippen molar-refractivity contribution < 1.29 is 17.9 Å². The number of rotatable bonds is 9. The Balaban J connectivity index is 1.58. The Morgan fingerprint density at radius 2 is 1.59 bits per heavy atom. The van der Waals surface area contributed by atoms with Gasteiger partial charge >= 0.3 is 0 Å². The van der Waals surface area contributed by atoms with E-state index in [-0.39, 0.29) is 18.9 Å². The molecule has 1 aromatic heterocycles. The van der Waals surface area contributed by atoms with Crippen molar-refractivity contribution in [2.24, 2.45) is 0 Å². The number of hydrogen-bond donors (Lipinski definition) is 2. The second kappa shape index (κ2) is 10.8. The van der Waals surface area contributed by atoms with Gasteiger partial charge in [-0.2, -0.15) is 0 Å². The van der Waals surface area contributed by atoms with Gasteiger partial charge in [-0.3, -0.25) is 9.78 Å². The minimum absolute atomic E-state index is 0.000170. The van der Waals surface area contributed by atoms with Crippen molar-refractivity contribution in [2.75, 3.05) is 11.9 Å². The molecule has 1 amide bonds. The summed E-state index contributed by atoms with van der Waals surface area (Å²) in [6.45, 7) is 9.80. The highest BCUT2D eigenvalue weighted by molar-refractivity contribution is 7.89. The van der Waals surface area contributed by atoms with Crippen LogP contribution in [0.1, 0.15) is 39.9 Å². The number of benzene rings is 2. The molecule has 34 heavy (non-hydrogen) atoms. The zero-order valence-corrected chi connectivity index (χ0v) is 21.0. The Labute approximate surface area is 201 Å². The smallest absolute Gasteiger partial charge is 0.241 e. The molecule has 7 nitrogen and oxygen atoms in total. The molecule has 0 aliphatic rings. The number of sulfonamides is 1. The molecule has 0 atom stereocenters. The van der Waals surface area contributed by atoms with Crippen LogP contribution in [0.2, 0.25) is 0 Å². The van der Waals surface area contributed by atoms with Crippen molar-refractivity contribution >= 4 is 21.6 Å². The molecule has 8 heteroatoms. The van der Waals surface area contributed by atoms with E-state index in [2.05, 4.69) is 15.0 Å². The van der Waals surface area contributed by atoms with Crippen LogP contribution in [0.15, 0.2) is 53.6 Å². The number of pyridine rings is 1. The van der Waals surface area contributed by atoms with Crippen molar-refractivity contribution in [3.05, 3.63) is 82.2 Å². The molecule has 0 saturated heterocycles. The average molecular weight is 482 g/mol. The van der Waals surface area contributed by atoms with E-state index in [9.17, 15) is 13.2 Å². The van der Waals surface area contributed by atoms with E-state index in [1.807, 2.05) is 52.8 Å². The van der Waals surface area contributed by atoms with Crippen LogP contribution >= 0.6 is 0 Å². The fraction of sp³-hybridized carbons (Fsp3) is 0.308. The first-order chi connectivity index (χ1) is 16.1. The molecule has 180 valence electrons. The molecule has 0 aliphatic heterocycles. The van der Waals surface area contributed by atoms with Crippen molar-refractivity contribution in [3.63, 3.8) is 0 Å². The van der Waals surface area contributed by atoms with Gasteiger partial charge in [0.05, 0.1) is 10.6 Å². The summed E-state index contributed by atoms with van der Waals surface area (Å²) in [6.07, 6.45) is 1.70. The summed E-state index contributed by atoms with van der Waals surface area (Å²) in [4.78, 5) is 16.9. The van der Waals surface area contributed by atoms with Crippen molar-refractivity contribution in [3.8, 4) is 5.75 Å². The fourth-order valence-corrected chi connectivity index (χ4v) is 5.40. The normalized spacial score (nSPS) is 11.3. The number of hydrogen-bond acceptors (Lipinski definition) is 5. The van der Waals surface area contributed by atoms with Gasteiger partial charge in [-0.05, 0) is 86.7 Å². The summed E-state index contributed by atoms with van der Waals surface area (Å²) in [5.41, 5.74) is 5.87. The van der Waals surface area contributed by atoms with Crippen LogP contribution in [-0.2, 0) is 21.4 Å². The molecule has 3 rings (SSSR count). The maximum atomic E-state index is 13.0. The predicted octanol–water partition coefficient (Wildman–Crippen LogP) is 4.51. The Hall–Kier alpha value is -3.23. The van der Waals surface area contributed by atoms with Gasteiger partial charge in [0.15, 0.2) is 0 Å². The lowest BCUT2D eigenvalue weighted by Gasteiger charge is -2.19. The molecule has 3 aromatic rings. The molecule has 0 fully saturated rings. The number of carbonyl (C=O) groups excluding carboxylic acids is 1. The largest absolute Gasteiger partial charge is 0.487 e. The highest BCUT2D eigenvalue weighted by atomic mass is 32.2. The Bertz CT molecular complexity index is 1260. The predicted molar refractivity (Wildman–Crippen MR) is 134 cm³/mol. The van der Waals surface area contributed by atoms with Crippen molar-refractivity contribution in [1.29, 1.82) is 0 Å². The maximum absolute atomic E-state index is 13.0. The highest BCUT2D eigenvalue weighted by Gasteiger charge is 2.23. The minimum atomic E-state index is -3.75. The SMILES string of the molecule is Cc1c(C)c(C)c(S(=O)(=O)NCCC(=O)Nc2cccc(OCc3ccccn3)c2)c(C)c1C. The summed E-state index contributed by atoms with van der Waals surface area (Å²) >= 11 is 0. The fourth-order valence-electron chi connectivity index (χ4n) is 3.77. The van der Waals surface area contributed by atoms with Crippen LogP contribution < -0.4 is 14.8 Å². The summed E-state index contributed by atoms with van der Waals surface area (Å²) in [7, 11) is -3.75. The lowest BCUT2D eigenvalue weighted by atomic mass is 9.95. The first-order valence-corrected chi connectivity index (χ1v) is 12.6. The van der Waals surface area contributed by atoms with Gasteiger partial charge in [-0.1, -0.05) is 12.1 Å². The number of ether oxygens (including phenoxy) is 1. The number of anilines is 1. The summed E-state index contributed by atoms with van der Waals surface area (Å²) in [6, 6.07) is 12.6. The van der Waals surface area contributed by atoms with Crippen LogP contribution in [0.25, 0.3) is 0 Å². The second-order valence-corrected chi connectivity index (χ2v) is 9.99. The van der Waals surface area contributed by atoms with Crippen LogP contribution in [0.3, 0.4) is 0 Å². The number of aromatic nitrogens is 1. The molecular formula is C26H31N3O4S. The average Bonchev–Trinajstić information content (AvgIpc) is 2.81. The van der Waals surface area contributed by atoms with Gasteiger partial charge in [0.1, 0.15) is 12.4 Å². The van der Waals surface area contributed by atoms with Crippen molar-refractivity contribution in [2.45, 2.75) is 52.5 Å². The molecular weight excluding hydrogens is 450 g/mol. The van der Waals surface area contributed by atoms with E-state index in [4.69, 9.17) is 4.74 Å². The third-order valence-electron chi connectivity index (χ3n) is 6.07. The molecule has 2 aromatic carbocycles. The van der Waals surface area contributed by atoms with E-state index >= 15 is 0 Å². The standard InChI is InChI=1S/C26H31N3O4S/c1-17-18(2)20(4)26(21(5)19(17)3)34(31,32)28-14-12-25(30)29-22-10-8-11-24(15-22)33-16-23-9-6-7-13-27-23/h6-11,13,15,28H,12,14,16H2,1-5H3,(H,29,30). The lowest BCUT2D eigenvalue weighted by molar-refractivity contribution is -0.116. The van der Waals surface area contributed by atoms with Gasteiger partial charge in [0.25, 0.3) is 0 Å². The first kappa shape index (κ1) is 25.4. The number of amides is 1. The Morgan fingerprint density at radius 1 is 0.912 bits per heavy atom. The van der Waals surface area contributed by atoms with E-state index in [1.165, 1.54) is 0 Å².